The maximum atomic E-state index is 10.4. The maximum Gasteiger partial charge on any atom is 0.136 e. The van der Waals surface area contributed by atoms with E-state index in [-0.39, 0.29) is 32.7 Å². The molecule has 0 aliphatic carbocycles. The van der Waals surface area contributed by atoms with Crippen LogP contribution in [0.2, 0.25) is 0 Å². The normalized spacial score (nSPS) is 11.3. The SMILES string of the molecule is CC(c1ccccc1)c1ccccc1N(c1[c-]c(-c2cccc(-c3ccccc3O)n2)ccc1)c1ccccn1.[Pt]. The zero-order valence-corrected chi connectivity index (χ0v) is 24.7. The Morgan fingerprint density at radius 2 is 1.39 bits per heavy atom. The summed E-state index contributed by atoms with van der Waals surface area (Å²) in [5, 5.41) is 10.4. The first kappa shape index (κ1) is 28.0. The van der Waals surface area contributed by atoms with Gasteiger partial charge in [-0.3, -0.25) is 4.98 Å². The van der Waals surface area contributed by atoms with Gasteiger partial charge in [0.15, 0.2) is 0 Å². The summed E-state index contributed by atoms with van der Waals surface area (Å²) in [6.45, 7) is 2.24. The number of aromatic nitrogens is 2. The number of para-hydroxylation sites is 2. The van der Waals surface area contributed by atoms with Crippen molar-refractivity contribution in [3.63, 3.8) is 0 Å². The first-order chi connectivity index (χ1) is 19.7. The molecule has 0 amide bonds. The van der Waals surface area contributed by atoms with Gasteiger partial charge in [0, 0.05) is 44.4 Å². The second kappa shape index (κ2) is 12.8. The Morgan fingerprint density at radius 1 is 0.683 bits per heavy atom. The van der Waals surface area contributed by atoms with Crippen molar-refractivity contribution in [2.24, 2.45) is 0 Å². The van der Waals surface area contributed by atoms with Crippen LogP contribution in [0.3, 0.4) is 0 Å². The first-order valence-corrected chi connectivity index (χ1v) is 13.3. The van der Waals surface area contributed by atoms with E-state index in [1.807, 2.05) is 79.0 Å². The molecule has 0 fully saturated rings. The molecule has 0 saturated carbocycles. The molecule has 2 heterocycles. The van der Waals surface area contributed by atoms with E-state index in [1.165, 1.54) is 11.1 Å². The molecule has 1 unspecified atom stereocenters. The summed E-state index contributed by atoms with van der Waals surface area (Å²) < 4.78 is 0. The molecule has 1 N–H and O–H groups in total. The summed E-state index contributed by atoms with van der Waals surface area (Å²) in [6, 6.07) is 47.7. The van der Waals surface area contributed by atoms with E-state index in [0.29, 0.717) is 11.3 Å². The van der Waals surface area contributed by atoms with Crippen LogP contribution in [-0.2, 0) is 21.1 Å². The number of rotatable bonds is 7. The van der Waals surface area contributed by atoms with Crippen LogP contribution in [0, 0.1) is 6.07 Å². The van der Waals surface area contributed by atoms with Gasteiger partial charge in [0.05, 0.1) is 5.69 Å². The van der Waals surface area contributed by atoms with Crippen LogP contribution in [0.1, 0.15) is 24.0 Å². The predicted molar refractivity (Wildman–Crippen MR) is 162 cm³/mol. The van der Waals surface area contributed by atoms with Crippen molar-refractivity contribution < 1.29 is 26.2 Å². The first-order valence-electron chi connectivity index (χ1n) is 13.3. The minimum absolute atomic E-state index is 0. The fourth-order valence-electron chi connectivity index (χ4n) is 5.00. The molecule has 204 valence electrons. The largest absolute Gasteiger partial charge is 0.507 e. The average molecular weight is 714 g/mol. The van der Waals surface area contributed by atoms with Crippen LogP contribution in [-0.4, -0.2) is 15.1 Å². The zero-order chi connectivity index (χ0) is 27.3. The molecule has 0 radical (unpaired) electrons. The van der Waals surface area contributed by atoms with Crippen molar-refractivity contribution in [3.8, 4) is 28.3 Å². The number of anilines is 3. The maximum absolute atomic E-state index is 10.4. The summed E-state index contributed by atoms with van der Waals surface area (Å²) >= 11 is 0. The molecule has 5 heteroatoms. The summed E-state index contributed by atoms with van der Waals surface area (Å²) in [6.07, 6.45) is 1.81. The Hall–Kier alpha value is -4.53. The predicted octanol–water partition coefficient (Wildman–Crippen LogP) is 8.94. The number of hydrogen-bond donors (Lipinski definition) is 1. The van der Waals surface area contributed by atoms with Gasteiger partial charge in [0.1, 0.15) is 11.6 Å². The monoisotopic (exact) mass is 713 g/mol. The molecular weight excluding hydrogens is 685 g/mol. The van der Waals surface area contributed by atoms with Gasteiger partial charge in [-0.1, -0.05) is 85.8 Å². The number of hydrogen-bond acceptors (Lipinski definition) is 4. The van der Waals surface area contributed by atoms with Crippen LogP contribution in [0.25, 0.3) is 22.5 Å². The second-order valence-corrected chi connectivity index (χ2v) is 9.59. The van der Waals surface area contributed by atoms with Gasteiger partial charge in [0.2, 0.25) is 0 Å². The van der Waals surface area contributed by atoms with Crippen molar-refractivity contribution in [3.05, 3.63) is 157 Å². The van der Waals surface area contributed by atoms with Gasteiger partial charge in [-0.2, -0.15) is 0 Å². The summed E-state index contributed by atoms with van der Waals surface area (Å²) in [4.78, 5) is 11.8. The van der Waals surface area contributed by atoms with Crippen LogP contribution < -0.4 is 4.90 Å². The van der Waals surface area contributed by atoms with Gasteiger partial charge >= 0.3 is 0 Å². The molecule has 0 aliphatic rings. The van der Waals surface area contributed by atoms with Crippen molar-refractivity contribution >= 4 is 17.2 Å². The Morgan fingerprint density at radius 3 is 2.20 bits per heavy atom. The van der Waals surface area contributed by atoms with E-state index >= 15 is 0 Å². The van der Waals surface area contributed by atoms with Crippen molar-refractivity contribution in [2.45, 2.75) is 12.8 Å². The molecule has 4 aromatic carbocycles. The molecule has 0 saturated heterocycles. The van der Waals surface area contributed by atoms with Gasteiger partial charge in [0.25, 0.3) is 0 Å². The van der Waals surface area contributed by atoms with E-state index < -0.39 is 0 Å². The van der Waals surface area contributed by atoms with Crippen LogP contribution in [0.15, 0.2) is 140 Å². The van der Waals surface area contributed by atoms with E-state index in [4.69, 9.17) is 9.97 Å². The molecule has 6 aromatic rings. The molecule has 2 aromatic heterocycles. The molecule has 6 rings (SSSR count). The standard InChI is InChI=1S/C36H28N3O.Pt/c1-26(27-13-3-2-4-14-27)30-17-5-7-21-34(30)39(36-23-9-10-24-37-36)29-16-11-15-28(25-29)32-19-12-20-33(38-32)31-18-6-8-22-35(31)40;/h2-24,26,40H,1H3;/q-1;. The van der Waals surface area contributed by atoms with Crippen LogP contribution in [0.4, 0.5) is 17.2 Å². The zero-order valence-electron chi connectivity index (χ0n) is 22.5. The van der Waals surface area contributed by atoms with E-state index in [2.05, 4.69) is 72.5 Å². The quantitative estimate of drug-likeness (QED) is 0.168. The second-order valence-electron chi connectivity index (χ2n) is 9.59. The number of phenols is 1. The number of phenolic OH excluding ortho intramolecular Hbond substituents is 1. The fraction of sp³-hybridized carbons (Fsp3) is 0.0556. The van der Waals surface area contributed by atoms with E-state index in [0.717, 1.165) is 28.5 Å². The summed E-state index contributed by atoms with van der Waals surface area (Å²) in [5.41, 5.74) is 7.37. The third-order valence-corrected chi connectivity index (χ3v) is 7.05. The van der Waals surface area contributed by atoms with Crippen molar-refractivity contribution in [1.82, 2.24) is 9.97 Å². The number of pyridine rings is 2. The summed E-state index contributed by atoms with van der Waals surface area (Å²) in [5.74, 6) is 1.18. The third-order valence-electron chi connectivity index (χ3n) is 7.05. The Kier molecular flexibility index (Phi) is 8.72. The molecule has 4 nitrogen and oxygen atoms in total. The Bertz CT molecular complexity index is 1740. The molecule has 0 aliphatic heterocycles. The Labute approximate surface area is 255 Å². The Balaban J connectivity index is 0.00000337. The molecular formula is C36H28N3OPt-. The molecule has 0 bridgehead atoms. The fourth-order valence-corrected chi connectivity index (χ4v) is 5.00. The molecule has 1 atom stereocenters. The number of nitrogens with zero attached hydrogens (tertiary/aromatic N) is 3. The van der Waals surface area contributed by atoms with Gasteiger partial charge in [-0.25, -0.2) is 4.98 Å². The van der Waals surface area contributed by atoms with Crippen molar-refractivity contribution in [2.75, 3.05) is 4.90 Å². The van der Waals surface area contributed by atoms with E-state index in [9.17, 15) is 5.11 Å². The van der Waals surface area contributed by atoms with Crippen molar-refractivity contribution in [1.29, 1.82) is 0 Å². The number of aromatic hydroxyl groups is 1. The minimum Gasteiger partial charge on any atom is -0.507 e. The van der Waals surface area contributed by atoms with Gasteiger partial charge < -0.3 is 10.0 Å². The third kappa shape index (κ3) is 5.99. The molecule has 0 spiro atoms. The summed E-state index contributed by atoms with van der Waals surface area (Å²) in [7, 11) is 0. The van der Waals surface area contributed by atoms with Gasteiger partial charge in [-0.15, -0.1) is 29.8 Å². The molecule has 41 heavy (non-hydrogen) atoms. The topological polar surface area (TPSA) is 49.2 Å². The number of benzene rings is 4. The minimum atomic E-state index is 0. The van der Waals surface area contributed by atoms with Crippen LogP contribution in [0.5, 0.6) is 5.75 Å². The smallest absolute Gasteiger partial charge is 0.136 e. The average Bonchev–Trinajstić information content (AvgIpc) is 3.02. The van der Waals surface area contributed by atoms with Gasteiger partial charge in [-0.05, 0) is 58.9 Å². The van der Waals surface area contributed by atoms with Crippen LogP contribution >= 0.6 is 0 Å². The van der Waals surface area contributed by atoms with E-state index in [1.54, 1.807) is 6.07 Å².